The summed E-state index contributed by atoms with van der Waals surface area (Å²) in [5.74, 6) is 1.17. The van der Waals surface area contributed by atoms with Gasteiger partial charge in [-0.05, 0) is 62.1 Å². The van der Waals surface area contributed by atoms with E-state index in [2.05, 4.69) is 51.5 Å². The first-order valence-electron chi connectivity index (χ1n) is 12.2. The van der Waals surface area contributed by atoms with E-state index in [1.165, 1.54) is 0 Å². The van der Waals surface area contributed by atoms with Crippen LogP contribution in [0.1, 0.15) is 50.2 Å². The molecule has 2 N–H and O–H groups in total. The van der Waals surface area contributed by atoms with Gasteiger partial charge in [0.15, 0.2) is 0 Å². The van der Waals surface area contributed by atoms with Gasteiger partial charge in [0, 0.05) is 35.8 Å². The van der Waals surface area contributed by atoms with Crippen LogP contribution in [0.25, 0.3) is 17.0 Å². The van der Waals surface area contributed by atoms with Gasteiger partial charge in [0.2, 0.25) is 5.96 Å². The summed E-state index contributed by atoms with van der Waals surface area (Å²) in [6.07, 6.45) is 9.11. The minimum atomic E-state index is -0.153. The minimum absolute atomic E-state index is 0.153. The molecule has 1 amide bonds. The van der Waals surface area contributed by atoms with Crippen molar-refractivity contribution in [2.75, 3.05) is 13.2 Å². The van der Waals surface area contributed by atoms with E-state index in [1.54, 1.807) is 12.1 Å². The number of aliphatic imine (C=N–C) groups is 1. The van der Waals surface area contributed by atoms with Gasteiger partial charge in [-0.15, -0.1) is 0 Å². The summed E-state index contributed by atoms with van der Waals surface area (Å²) in [6, 6.07) is 17.6. The lowest BCUT2D eigenvalue weighted by molar-refractivity contribution is -0.115. The van der Waals surface area contributed by atoms with Crippen molar-refractivity contribution in [3.8, 4) is 11.8 Å². The van der Waals surface area contributed by atoms with Gasteiger partial charge in [-0.1, -0.05) is 31.5 Å². The fourth-order valence-electron chi connectivity index (χ4n) is 4.03. The Balaban J connectivity index is 1.34. The molecule has 3 aromatic rings. The number of aryl methyl sites for hydroxylation is 1. The van der Waals surface area contributed by atoms with E-state index in [-0.39, 0.29) is 5.91 Å². The number of fused-ring (bicyclic) bond motifs is 1. The molecule has 0 radical (unpaired) electrons. The summed E-state index contributed by atoms with van der Waals surface area (Å²) in [6.45, 7) is 4.36. The number of carbonyl (C=O) groups excluding carboxylic acids is 1. The molecular weight excluding hydrogens is 438 g/mol. The second-order valence-electron chi connectivity index (χ2n) is 8.56. The summed E-state index contributed by atoms with van der Waals surface area (Å²) in [5.41, 5.74) is 3.32. The molecule has 1 aliphatic rings. The molecular formula is C28H31N5O2. The van der Waals surface area contributed by atoms with E-state index in [9.17, 15) is 4.79 Å². The predicted octanol–water partition coefficient (Wildman–Crippen LogP) is 4.98. The Bertz CT molecular complexity index is 1260. The lowest BCUT2D eigenvalue weighted by Gasteiger charge is -2.07. The van der Waals surface area contributed by atoms with E-state index >= 15 is 0 Å². The Labute approximate surface area is 206 Å². The fraction of sp³-hybridized carbons (Fsp3) is 0.321. The van der Waals surface area contributed by atoms with Crippen LogP contribution in [0, 0.1) is 11.3 Å². The Hall–Kier alpha value is -4.05. The number of hydrogen-bond acceptors (Lipinski definition) is 4. The van der Waals surface area contributed by atoms with E-state index < -0.39 is 0 Å². The predicted molar refractivity (Wildman–Crippen MR) is 139 cm³/mol. The molecule has 1 saturated heterocycles. The third-order valence-electron chi connectivity index (χ3n) is 5.93. The number of benzene rings is 2. The van der Waals surface area contributed by atoms with E-state index in [0.717, 1.165) is 60.9 Å². The number of guanidine groups is 1. The Morgan fingerprint density at radius 3 is 2.69 bits per heavy atom. The molecule has 35 heavy (non-hydrogen) atoms. The average molecular weight is 470 g/mol. The van der Waals surface area contributed by atoms with Gasteiger partial charge in [0.1, 0.15) is 11.4 Å². The molecule has 0 saturated carbocycles. The second-order valence-corrected chi connectivity index (χ2v) is 8.56. The number of aromatic nitrogens is 1. The molecule has 1 fully saturated rings. The molecule has 180 valence electrons. The SMILES string of the molecule is CCCCN=C1NC(=O)/C(=C/c2cn(CCCCCOc3ccc(C#N)cc3)c3ccccc23)N1. The highest BCUT2D eigenvalue weighted by Crippen LogP contribution is 2.24. The largest absolute Gasteiger partial charge is 0.494 e. The zero-order valence-electron chi connectivity index (χ0n) is 20.1. The van der Waals surface area contributed by atoms with Crippen molar-refractivity contribution in [1.29, 1.82) is 5.26 Å². The maximum Gasteiger partial charge on any atom is 0.274 e. The first kappa shape index (κ1) is 24.1. The molecule has 7 nitrogen and oxygen atoms in total. The number of para-hydroxylation sites is 1. The molecule has 7 heteroatoms. The molecule has 0 unspecified atom stereocenters. The van der Waals surface area contributed by atoms with Crippen molar-refractivity contribution in [3.05, 3.63) is 71.6 Å². The summed E-state index contributed by atoms with van der Waals surface area (Å²) >= 11 is 0. The highest BCUT2D eigenvalue weighted by molar-refractivity contribution is 6.16. The Kier molecular flexibility index (Phi) is 8.18. The smallest absolute Gasteiger partial charge is 0.274 e. The number of nitrogens with one attached hydrogen (secondary N) is 2. The number of rotatable bonds is 11. The Morgan fingerprint density at radius 2 is 1.89 bits per heavy atom. The van der Waals surface area contributed by atoms with Crippen LogP contribution in [0.4, 0.5) is 0 Å². The highest BCUT2D eigenvalue weighted by Gasteiger charge is 2.22. The summed E-state index contributed by atoms with van der Waals surface area (Å²) in [5, 5.41) is 15.9. The topological polar surface area (TPSA) is 91.4 Å². The third-order valence-corrected chi connectivity index (χ3v) is 5.93. The quantitative estimate of drug-likeness (QED) is 0.306. The summed E-state index contributed by atoms with van der Waals surface area (Å²) in [4.78, 5) is 16.8. The molecule has 0 bridgehead atoms. The van der Waals surface area contributed by atoms with Crippen molar-refractivity contribution in [2.24, 2.45) is 4.99 Å². The molecule has 0 atom stereocenters. The van der Waals surface area contributed by atoms with Crippen LogP contribution < -0.4 is 15.4 Å². The number of hydrogen-bond donors (Lipinski definition) is 2. The summed E-state index contributed by atoms with van der Waals surface area (Å²) in [7, 11) is 0. The zero-order valence-corrected chi connectivity index (χ0v) is 20.1. The zero-order chi connectivity index (χ0) is 24.5. The maximum absolute atomic E-state index is 12.4. The number of nitrogens with zero attached hydrogens (tertiary/aromatic N) is 3. The van der Waals surface area contributed by atoms with Crippen LogP contribution in [0.5, 0.6) is 5.75 Å². The first-order valence-corrected chi connectivity index (χ1v) is 12.2. The molecule has 1 aromatic heterocycles. The van der Waals surface area contributed by atoms with E-state index in [1.807, 2.05) is 30.3 Å². The van der Waals surface area contributed by atoms with Gasteiger partial charge in [0.05, 0.1) is 18.2 Å². The third kappa shape index (κ3) is 6.30. The minimum Gasteiger partial charge on any atom is -0.494 e. The van der Waals surface area contributed by atoms with Gasteiger partial charge < -0.3 is 14.6 Å². The normalized spacial score (nSPS) is 15.4. The lowest BCUT2D eigenvalue weighted by Crippen LogP contribution is -2.25. The maximum atomic E-state index is 12.4. The van der Waals surface area contributed by atoms with Gasteiger partial charge in [0.25, 0.3) is 5.91 Å². The van der Waals surface area contributed by atoms with Gasteiger partial charge in [-0.3, -0.25) is 15.1 Å². The van der Waals surface area contributed by atoms with E-state index in [0.29, 0.717) is 30.4 Å². The number of ether oxygens (including phenoxy) is 1. The van der Waals surface area contributed by atoms with Crippen molar-refractivity contribution in [3.63, 3.8) is 0 Å². The van der Waals surface area contributed by atoms with Crippen LogP contribution >= 0.6 is 0 Å². The first-order chi connectivity index (χ1) is 17.2. The molecule has 4 rings (SSSR count). The second kappa shape index (κ2) is 11.9. The van der Waals surface area contributed by atoms with Crippen molar-refractivity contribution in [2.45, 2.75) is 45.6 Å². The van der Waals surface area contributed by atoms with Gasteiger partial charge in [-0.2, -0.15) is 5.26 Å². The molecule has 0 aliphatic carbocycles. The van der Waals surface area contributed by atoms with Crippen LogP contribution in [-0.2, 0) is 11.3 Å². The van der Waals surface area contributed by atoms with Crippen LogP contribution in [0.2, 0.25) is 0 Å². The van der Waals surface area contributed by atoms with Gasteiger partial charge in [-0.25, -0.2) is 0 Å². The fourth-order valence-corrected chi connectivity index (χ4v) is 4.03. The lowest BCUT2D eigenvalue weighted by atomic mass is 10.1. The molecule has 1 aliphatic heterocycles. The average Bonchev–Trinajstić information content (AvgIpc) is 3.41. The summed E-state index contributed by atoms with van der Waals surface area (Å²) < 4.78 is 8.03. The number of nitriles is 1. The number of unbranched alkanes of at least 4 members (excludes halogenated alkanes) is 3. The monoisotopic (exact) mass is 469 g/mol. The standard InChI is InChI=1S/C28H31N5O2/c1-2-3-15-30-28-31-25(27(34)32-28)18-22-20-33(26-10-6-5-9-24(22)26)16-7-4-8-17-35-23-13-11-21(19-29)12-14-23/h5-6,9-14,18,20H,2-4,7-8,15-17H2,1H3,(H2,30,31,32,34)/b25-18-. The van der Waals surface area contributed by atoms with E-state index in [4.69, 9.17) is 10.00 Å². The van der Waals surface area contributed by atoms with Crippen LogP contribution in [-0.4, -0.2) is 29.6 Å². The number of carbonyl (C=O) groups is 1. The molecule has 2 aromatic carbocycles. The van der Waals surface area contributed by atoms with Crippen molar-refractivity contribution >= 4 is 28.8 Å². The van der Waals surface area contributed by atoms with Crippen molar-refractivity contribution in [1.82, 2.24) is 15.2 Å². The van der Waals surface area contributed by atoms with Crippen molar-refractivity contribution < 1.29 is 9.53 Å². The molecule has 0 spiro atoms. The molecule has 2 heterocycles. The van der Waals surface area contributed by atoms with Gasteiger partial charge >= 0.3 is 0 Å². The number of amides is 1. The highest BCUT2D eigenvalue weighted by atomic mass is 16.5. The Morgan fingerprint density at radius 1 is 1.06 bits per heavy atom. The van der Waals surface area contributed by atoms with Crippen LogP contribution in [0.15, 0.2) is 65.4 Å². The van der Waals surface area contributed by atoms with Crippen LogP contribution in [0.3, 0.4) is 0 Å².